The fourth-order valence-corrected chi connectivity index (χ4v) is 2.75. The zero-order chi connectivity index (χ0) is 13.8. The molecule has 3 rings (SSSR count). The molecule has 0 aromatic heterocycles. The minimum absolute atomic E-state index is 0. The van der Waals surface area contributed by atoms with Crippen LogP contribution in [0.4, 0.5) is 0 Å². The summed E-state index contributed by atoms with van der Waals surface area (Å²) >= 11 is 0. The Balaban J connectivity index is 0.00000161. The van der Waals surface area contributed by atoms with E-state index in [1.165, 1.54) is 10.8 Å². The number of nitrogens with zero attached hydrogens (tertiary/aromatic N) is 1. The van der Waals surface area contributed by atoms with E-state index in [1.54, 1.807) is 0 Å². The number of benzene rings is 2. The van der Waals surface area contributed by atoms with Crippen molar-refractivity contribution < 1.29 is 4.74 Å². The summed E-state index contributed by atoms with van der Waals surface area (Å²) in [4.78, 5) is 2.48. The van der Waals surface area contributed by atoms with E-state index < -0.39 is 0 Å². The van der Waals surface area contributed by atoms with Crippen molar-refractivity contribution in [2.24, 2.45) is 0 Å². The Kier molecular flexibility index (Phi) is 5.85. The van der Waals surface area contributed by atoms with Gasteiger partial charge in [-0.15, -0.1) is 12.4 Å². The number of nitrogens with one attached hydrogen (secondary N) is 1. The molecule has 0 spiro atoms. The first-order valence-corrected chi connectivity index (χ1v) is 7.39. The molecule has 2 aromatic rings. The molecular formula is C17H23ClN2O. The van der Waals surface area contributed by atoms with Gasteiger partial charge in [0.15, 0.2) is 0 Å². The normalized spacial score (nSPS) is 19.2. The smallest absolute Gasteiger partial charge is 0.120 e. The van der Waals surface area contributed by atoms with E-state index in [9.17, 15) is 0 Å². The Morgan fingerprint density at radius 2 is 2.00 bits per heavy atom. The number of hydrogen-bond donors (Lipinski definition) is 1. The highest BCUT2D eigenvalue weighted by atomic mass is 35.5. The molecule has 1 fully saturated rings. The molecule has 1 aliphatic rings. The van der Waals surface area contributed by atoms with E-state index in [1.807, 2.05) is 0 Å². The second-order valence-corrected chi connectivity index (χ2v) is 5.45. The standard InChI is InChI=1S/C17H22N2O.ClH/c1-14-13-18-8-9-19(14)10-11-20-17-7-6-15-4-2-3-5-16(15)12-17;/h2-7,12,14,18H,8-11,13H2,1H3;1H. The summed E-state index contributed by atoms with van der Waals surface area (Å²) in [6.07, 6.45) is 0. The maximum Gasteiger partial charge on any atom is 0.120 e. The molecule has 1 aliphatic heterocycles. The predicted octanol–water partition coefficient (Wildman–Crippen LogP) is 2.93. The van der Waals surface area contributed by atoms with Crippen LogP contribution in [-0.4, -0.2) is 43.7 Å². The van der Waals surface area contributed by atoms with Gasteiger partial charge in [-0.1, -0.05) is 30.3 Å². The van der Waals surface area contributed by atoms with Gasteiger partial charge in [0.2, 0.25) is 0 Å². The van der Waals surface area contributed by atoms with Gasteiger partial charge < -0.3 is 10.1 Å². The quantitative estimate of drug-likeness (QED) is 0.940. The van der Waals surface area contributed by atoms with Gasteiger partial charge in [0, 0.05) is 32.2 Å². The lowest BCUT2D eigenvalue weighted by molar-refractivity contribution is 0.143. The third-order valence-electron chi connectivity index (χ3n) is 4.01. The van der Waals surface area contributed by atoms with E-state index >= 15 is 0 Å². The summed E-state index contributed by atoms with van der Waals surface area (Å²) in [5.74, 6) is 0.964. The Hall–Kier alpha value is -1.29. The molecule has 3 nitrogen and oxygen atoms in total. The van der Waals surface area contributed by atoms with Crippen LogP contribution in [0.3, 0.4) is 0 Å². The molecule has 0 radical (unpaired) electrons. The molecule has 1 atom stereocenters. The monoisotopic (exact) mass is 306 g/mol. The molecule has 0 amide bonds. The van der Waals surface area contributed by atoms with Gasteiger partial charge in [0.25, 0.3) is 0 Å². The number of hydrogen-bond acceptors (Lipinski definition) is 3. The Morgan fingerprint density at radius 1 is 1.19 bits per heavy atom. The molecule has 0 bridgehead atoms. The van der Waals surface area contributed by atoms with Crippen molar-refractivity contribution >= 4 is 23.2 Å². The first kappa shape index (κ1) is 16.1. The lowest BCUT2D eigenvalue weighted by atomic mass is 10.1. The van der Waals surface area contributed by atoms with Gasteiger partial charge in [-0.05, 0) is 29.8 Å². The molecule has 1 unspecified atom stereocenters. The number of piperazine rings is 1. The minimum Gasteiger partial charge on any atom is -0.492 e. The van der Waals surface area contributed by atoms with E-state index in [2.05, 4.69) is 59.6 Å². The second-order valence-electron chi connectivity index (χ2n) is 5.45. The highest BCUT2D eigenvalue weighted by Crippen LogP contribution is 2.20. The zero-order valence-corrected chi connectivity index (χ0v) is 13.2. The van der Waals surface area contributed by atoms with Gasteiger partial charge in [-0.25, -0.2) is 0 Å². The molecule has 0 saturated carbocycles. The average Bonchev–Trinajstić information content (AvgIpc) is 2.49. The minimum atomic E-state index is 0. The van der Waals surface area contributed by atoms with Crippen LogP contribution < -0.4 is 10.1 Å². The van der Waals surface area contributed by atoms with Gasteiger partial charge in [0.05, 0.1) is 0 Å². The third-order valence-corrected chi connectivity index (χ3v) is 4.01. The number of rotatable bonds is 4. The molecule has 1 saturated heterocycles. The van der Waals surface area contributed by atoms with Crippen LogP contribution in [0.15, 0.2) is 42.5 Å². The largest absolute Gasteiger partial charge is 0.492 e. The fraction of sp³-hybridized carbons (Fsp3) is 0.412. The van der Waals surface area contributed by atoms with Crippen molar-refractivity contribution in [2.75, 3.05) is 32.8 Å². The number of halogens is 1. The molecular weight excluding hydrogens is 284 g/mol. The Bertz CT molecular complexity index is 575. The summed E-state index contributed by atoms with van der Waals surface area (Å²) in [5, 5.41) is 5.91. The maximum atomic E-state index is 5.90. The van der Waals surface area contributed by atoms with Crippen LogP contribution in [0, 0.1) is 0 Å². The van der Waals surface area contributed by atoms with Crippen molar-refractivity contribution in [1.29, 1.82) is 0 Å². The van der Waals surface area contributed by atoms with E-state index in [0.717, 1.165) is 38.5 Å². The van der Waals surface area contributed by atoms with E-state index in [0.29, 0.717) is 6.04 Å². The summed E-state index contributed by atoms with van der Waals surface area (Å²) in [7, 11) is 0. The highest BCUT2D eigenvalue weighted by molar-refractivity contribution is 5.85. The SMILES string of the molecule is CC1CNCCN1CCOc1ccc2ccccc2c1.Cl. The first-order chi connectivity index (χ1) is 9.83. The van der Waals surface area contributed by atoms with Crippen LogP contribution >= 0.6 is 12.4 Å². The lowest BCUT2D eigenvalue weighted by Crippen LogP contribution is -2.50. The molecule has 2 aromatic carbocycles. The van der Waals surface area contributed by atoms with Gasteiger partial charge in [-0.2, -0.15) is 0 Å². The van der Waals surface area contributed by atoms with Crippen molar-refractivity contribution in [1.82, 2.24) is 10.2 Å². The summed E-state index contributed by atoms with van der Waals surface area (Å²) in [6, 6.07) is 15.3. The molecule has 1 N–H and O–H groups in total. The van der Waals surface area contributed by atoms with Gasteiger partial charge in [0.1, 0.15) is 12.4 Å². The third kappa shape index (κ3) is 4.10. The molecule has 0 aliphatic carbocycles. The predicted molar refractivity (Wildman–Crippen MR) is 90.6 cm³/mol. The van der Waals surface area contributed by atoms with Crippen LogP contribution in [0.1, 0.15) is 6.92 Å². The second kappa shape index (κ2) is 7.64. The molecule has 114 valence electrons. The lowest BCUT2D eigenvalue weighted by Gasteiger charge is -2.33. The van der Waals surface area contributed by atoms with Crippen molar-refractivity contribution in [2.45, 2.75) is 13.0 Å². The number of fused-ring (bicyclic) bond motifs is 1. The average molecular weight is 307 g/mol. The van der Waals surface area contributed by atoms with Crippen molar-refractivity contribution in [3.8, 4) is 5.75 Å². The summed E-state index contributed by atoms with van der Waals surface area (Å²) in [6.45, 7) is 7.29. The van der Waals surface area contributed by atoms with Gasteiger partial charge in [-0.3, -0.25) is 4.90 Å². The molecule has 1 heterocycles. The Morgan fingerprint density at radius 3 is 2.81 bits per heavy atom. The number of ether oxygens (including phenoxy) is 1. The van der Waals surface area contributed by atoms with Crippen LogP contribution in [-0.2, 0) is 0 Å². The van der Waals surface area contributed by atoms with Gasteiger partial charge >= 0.3 is 0 Å². The first-order valence-electron chi connectivity index (χ1n) is 7.39. The van der Waals surface area contributed by atoms with Crippen LogP contribution in [0.5, 0.6) is 5.75 Å². The maximum absolute atomic E-state index is 5.90. The topological polar surface area (TPSA) is 24.5 Å². The van der Waals surface area contributed by atoms with E-state index in [4.69, 9.17) is 4.74 Å². The summed E-state index contributed by atoms with van der Waals surface area (Å²) < 4.78 is 5.90. The van der Waals surface area contributed by atoms with Crippen LogP contribution in [0.25, 0.3) is 10.8 Å². The van der Waals surface area contributed by atoms with E-state index in [-0.39, 0.29) is 12.4 Å². The van der Waals surface area contributed by atoms with Crippen molar-refractivity contribution in [3.05, 3.63) is 42.5 Å². The fourth-order valence-electron chi connectivity index (χ4n) is 2.75. The zero-order valence-electron chi connectivity index (χ0n) is 12.4. The van der Waals surface area contributed by atoms with Crippen LogP contribution in [0.2, 0.25) is 0 Å². The summed E-state index contributed by atoms with van der Waals surface area (Å²) in [5.41, 5.74) is 0. The van der Waals surface area contributed by atoms with Crippen molar-refractivity contribution in [3.63, 3.8) is 0 Å². The molecule has 4 heteroatoms. The molecule has 21 heavy (non-hydrogen) atoms. The highest BCUT2D eigenvalue weighted by Gasteiger charge is 2.17. The Labute approximate surface area is 132 Å².